The van der Waals surface area contributed by atoms with E-state index in [9.17, 15) is 0 Å². The molecule has 0 atom stereocenters. The van der Waals surface area contributed by atoms with Gasteiger partial charge in [0.15, 0.2) is 11.6 Å². The highest BCUT2D eigenvalue weighted by Crippen LogP contribution is 2.32. The summed E-state index contributed by atoms with van der Waals surface area (Å²) in [5, 5.41) is 0. The van der Waals surface area contributed by atoms with Crippen molar-refractivity contribution in [2.45, 2.75) is 0 Å². The second-order valence-electron chi connectivity index (χ2n) is 2.91. The number of hydrogen-bond donors (Lipinski definition) is 1. The van der Waals surface area contributed by atoms with Gasteiger partial charge in [-0.05, 0) is 12.1 Å². The lowest BCUT2D eigenvalue weighted by Gasteiger charge is -2.03. The Hall–Kier alpha value is -1.71. The van der Waals surface area contributed by atoms with Crippen molar-refractivity contribution in [1.29, 1.82) is 0 Å². The van der Waals surface area contributed by atoms with Crippen molar-refractivity contribution < 1.29 is 9.57 Å². The average Bonchev–Trinajstić information content (AvgIpc) is 2.44. The topological polar surface area (TPSA) is 42.8 Å². The van der Waals surface area contributed by atoms with E-state index >= 15 is 0 Å². The summed E-state index contributed by atoms with van der Waals surface area (Å²) in [6, 6.07) is 5.73. The van der Waals surface area contributed by atoms with Gasteiger partial charge in [-0.1, -0.05) is 6.07 Å². The molecule has 4 heteroatoms. The van der Waals surface area contributed by atoms with Crippen molar-refractivity contribution >= 4 is 5.84 Å². The predicted octanol–water partition coefficient (Wildman–Crippen LogP) is 0.723. The largest absolute Gasteiger partial charge is 0.491 e. The Morgan fingerprint density at radius 3 is 3.23 bits per heavy atom. The van der Waals surface area contributed by atoms with Crippen LogP contribution in [0.2, 0.25) is 0 Å². The van der Waals surface area contributed by atoms with Crippen molar-refractivity contribution in [3.05, 3.63) is 23.8 Å². The summed E-state index contributed by atoms with van der Waals surface area (Å²) in [5.41, 5.74) is 3.72. The summed E-state index contributed by atoms with van der Waals surface area (Å²) in [4.78, 5) is 9.51. The molecule has 0 amide bonds. The number of rotatable bonds is 0. The number of nitrogens with one attached hydrogen (secondary N) is 1. The number of amidine groups is 1. The standard InChI is InChI=1S/C9H8N2O2/c1-2-6-8-7(3-1)13-11-9(8)10-4-5-12-6/h1-3H,4-5H2,(H,10,11). The van der Waals surface area contributed by atoms with Gasteiger partial charge in [-0.15, -0.1) is 0 Å². The molecule has 2 aliphatic heterocycles. The third-order valence-electron chi connectivity index (χ3n) is 2.10. The minimum Gasteiger partial charge on any atom is -0.491 e. The first-order valence-corrected chi connectivity index (χ1v) is 4.18. The molecule has 0 saturated heterocycles. The number of hydroxylamine groups is 1. The van der Waals surface area contributed by atoms with Gasteiger partial charge in [0, 0.05) is 0 Å². The third kappa shape index (κ3) is 0.884. The molecule has 2 heterocycles. The first-order chi connectivity index (χ1) is 6.45. The molecular weight excluding hydrogens is 168 g/mol. The van der Waals surface area contributed by atoms with Crippen LogP contribution in [0.25, 0.3) is 0 Å². The Balaban J connectivity index is 2.27. The molecule has 4 nitrogen and oxygen atoms in total. The van der Waals surface area contributed by atoms with Crippen LogP contribution in [0, 0.1) is 0 Å². The van der Waals surface area contributed by atoms with Crippen LogP contribution in [0.15, 0.2) is 23.2 Å². The quantitative estimate of drug-likeness (QED) is 0.633. The molecule has 1 aromatic rings. The normalized spacial score (nSPS) is 17.4. The summed E-state index contributed by atoms with van der Waals surface area (Å²) in [5.74, 6) is 2.42. The van der Waals surface area contributed by atoms with Crippen molar-refractivity contribution in [3.63, 3.8) is 0 Å². The van der Waals surface area contributed by atoms with Crippen LogP contribution in [-0.4, -0.2) is 19.0 Å². The maximum Gasteiger partial charge on any atom is 0.170 e. The Morgan fingerprint density at radius 1 is 1.31 bits per heavy atom. The Labute approximate surface area is 75.1 Å². The lowest BCUT2D eigenvalue weighted by Crippen LogP contribution is -2.19. The highest BCUT2D eigenvalue weighted by Gasteiger charge is 2.25. The number of hydrogen-bond acceptors (Lipinski definition) is 4. The van der Waals surface area contributed by atoms with E-state index in [1.165, 1.54) is 0 Å². The van der Waals surface area contributed by atoms with Crippen LogP contribution < -0.4 is 15.1 Å². The lowest BCUT2D eigenvalue weighted by molar-refractivity contribution is 0.275. The molecule has 66 valence electrons. The van der Waals surface area contributed by atoms with Crippen LogP contribution in [-0.2, 0) is 0 Å². The van der Waals surface area contributed by atoms with Crippen LogP contribution in [0.1, 0.15) is 5.56 Å². The van der Waals surface area contributed by atoms with Gasteiger partial charge in [0.1, 0.15) is 17.9 Å². The fourth-order valence-corrected chi connectivity index (χ4v) is 1.53. The monoisotopic (exact) mass is 176 g/mol. The number of ether oxygens (including phenoxy) is 1. The Kier molecular flexibility index (Phi) is 1.24. The van der Waals surface area contributed by atoms with Crippen LogP contribution >= 0.6 is 0 Å². The third-order valence-corrected chi connectivity index (χ3v) is 2.10. The summed E-state index contributed by atoms with van der Waals surface area (Å²) in [6.07, 6.45) is 0. The maximum absolute atomic E-state index is 5.51. The van der Waals surface area contributed by atoms with Gasteiger partial charge >= 0.3 is 0 Å². The van der Waals surface area contributed by atoms with E-state index in [1.807, 2.05) is 18.2 Å². The molecular formula is C9H8N2O2. The molecule has 0 fully saturated rings. The van der Waals surface area contributed by atoms with Gasteiger partial charge in [-0.3, -0.25) is 4.99 Å². The predicted molar refractivity (Wildman–Crippen MR) is 47.1 cm³/mol. The Bertz CT molecular complexity index is 387. The number of benzene rings is 1. The maximum atomic E-state index is 5.51. The summed E-state index contributed by atoms with van der Waals surface area (Å²) in [6.45, 7) is 1.29. The minimum absolute atomic E-state index is 0.627. The highest BCUT2D eigenvalue weighted by atomic mass is 16.7. The SMILES string of the molecule is c1cc2c3c(c1)ONC3=NCCO2. The van der Waals surface area contributed by atoms with E-state index in [-0.39, 0.29) is 0 Å². The smallest absolute Gasteiger partial charge is 0.170 e. The van der Waals surface area contributed by atoms with Gasteiger partial charge < -0.3 is 9.57 Å². The van der Waals surface area contributed by atoms with Crippen molar-refractivity contribution in [2.24, 2.45) is 4.99 Å². The number of nitrogens with zero attached hydrogens (tertiary/aromatic N) is 1. The summed E-state index contributed by atoms with van der Waals surface area (Å²) >= 11 is 0. The second-order valence-corrected chi connectivity index (χ2v) is 2.91. The lowest BCUT2D eigenvalue weighted by atomic mass is 10.2. The van der Waals surface area contributed by atoms with Crippen LogP contribution in [0.4, 0.5) is 0 Å². The molecule has 1 N–H and O–H groups in total. The molecule has 0 bridgehead atoms. The molecule has 0 spiro atoms. The summed E-state index contributed by atoms with van der Waals surface area (Å²) in [7, 11) is 0. The van der Waals surface area contributed by atoms with E-state index in [1.54, 1.807) is 0 Å². The van der Waals surface area contributed by atoms with E-state index in [0.29, 0.717) is 13.2 Å². The number of aliphatic imine (C=N–C) groups is 1. The van der Waals surface area contributed by atoms with E-state index in [4.69, 9.17) is 9.57 Å². The molecule has 1 aromatic carbocycles. The fraction of sp³-hybridized carbons (Fsp3) is 0.222. The minimum atomic E-state index is 0.627. The zero-order chi connectivity index (χ0) is 8.67. The molecule has 0 saturated carbocycles. The molecule has 13 heavy (non-hydrogen) atoms. The zero-order valence-corrected chi connectivity index (χ0v) is 6.91. The van der Waals surface area contributed by atoms with Gasteiger partial charge in [-0.25, -0.2) is 5.48 Å². The van der Waals surface area contributed by atoms with Crippen molar-refractivity contribution in [1.82, 2.24) is 5.48 Å². The Morgan fingerprint density at radius 2 is 2.23 bits per heavy atom. The van der Waals surface area contributed by atoms with E-state index < -0.39 is 0 Å². The summed E-state index contributed by atoms with van der Waals surface area (Å²) < 4.78 is 5.51. The van der Waals surface area contributed by atoms with Gasteiger partial charge in [0.05, 0.1) is 6.54 Å². The molecule has 3 rings (SSSR count). The first kappa shape index (κ1) is 6.77. The molecule has 0 aliphatic carbocycles. The zero-order valence-electron chi connectivity index (χ0n) is 6.91. The highest BCUT2D eigenvalue weighted by molar-refractivity contribution is 6.05. The molecule has 0 radical (unpaired) electrons. The molecule has 0 unspecified atom stereocenters. The van der Waals surface area contributed by atoms with E-state index in [0.717, 1.165) is 22.9 Å². The van der Waals surface area contributed by atoms with Crippen molar-refractivity contribution in [3.8, 4) is 11.5 Å². The van der Waals surface area contributed by atoms with Gasteiger partial charge in [0.25, 0.3) is 0 Å². The molecule has 0 aromatic heterocycles. The average molecular weight is 176 g/mol. The van der Waals surface area contributed by atoms with Crippen molar-refractivity contribution in [2.75, 3.05) is 13.2 Å². The fourth-order valence-electron chi connectivity index (χ4n) is 1.53. The van der Waals surface area contributed by atoms with Gasteiger partial charge in [-0.2, -0.15) is 0 Å². The van der Waals surface area contributed by atoms with E-state index in [2.05, 4.69) is 10.5 Å². The molecule has 2 aliphatic rings. The van der Waals surface area contributed by atoms with Gasteiger partial charge in [0.2, 0.25) is 0 Å². The first-order valence-electron chi connectivity index (χ1n) is 4.18. The van der Waals surface area contributed by atoms with Crippen LogP contribution in [0.5, 0.6) is 11.5 Å². The van der Waals surface area contributed by atoms with Crippen LogP contribution in [0.3, 0.4) is 0 Å². The second kappa shape index (κ2) is 2.39.